The highest BCUT2D eigenvalue weighted by Gasteiger charge is 2.62. The molecule has 3 aliphatic heterocycles. The molecule has 0 aromatic heterocycles. The molecule has 2 amide bonds. The van der Waals surface area contributed by atoms with Gasteiger partial charge in [0, 0.05) is 17.6 Å². The van der Waals surface area contributed by atoms with Crippen molar-refractivity contribution < 1.29 is 9.59 Å². The first-order valence-electron chi connectivity index (χ1n) is 10.2. The van der Waals surface area contributed by atoms with Gasteiger partial charge >= 0.3 is 0 Å². The lowest BCUT2D eigenvalue weighted by Crippen LogP contribution is -2.38. The molecule has 148 valence electrons. The third-order valence-electron chi connectivity index (χ3n) is 6.69. The minimum absolute atomic E-state index is 0.0244. The van der Waals surface area contributed by atoms with Gasteiger partial charge in [-0.15, -0.1) is 0 Å². The maximum Gasteiger partial charge on any atom is 0.235 e. The quantitative estimate of drug-likeness (QED) is 0.478. The summed E-state index contributed by atoms with van der Waals surface area (Å²) < 4.78 is 0. The molecule has 0 unspecified atom stereocenters. The molecule has 0 saturated carbocycles. The molecule has 0 spiro atoms. The number of fused-ring (bicyclic) bond motifs is 3. The average Bonchev–Trinajstić information content (AvgIpc) is 3.37. The standard InChI is InChI=1S/C23H24N4O2/c24-21(25)16-10-8-15(9-11-16)20-19-18(17-7-4-12-26(17)20)22(28)27(23(19)29)13-14-5-2-1-3-6-14/h1-3,5-6,8-11,17-20H,4,7,12-13H2,(H3,24,25)/t17-,18-,19-,20-/m0/s1. The van der Waals surface area contributed by atoms with Crippen LogP contribution in [0, 0.1) is 17.2 Å². The van der Waals surface area contributed by atoms with Crippen molar-refractivity contribution in [1.29, 1.82) is 5.41 Å². The number of carbonyl (C=O) groups excluding carboxylic acids is 2. The Morgan fingerprint density at radius 1 is 1.00 bits per heavy atom. The van der Waals surface area contributed by atoms with Crippen molar-refractivity contribution in [3.63, 3.8) is 0 Å². The molecule has 3 fully saturated rings. The predicted molar refractivity (Wildman–Crippen MR) is 109 cm³/mol. The van der Waals surface area contributed by atoms with Crippen LogP contribution >= 0.6 is 0 Å². The van der Waals surface area contributed by atoms with Crippen LogP contribution in [-0.2, 0) is 16.1 Å². The average molecular weight is 388 g/mol. The highest BCUT2D eigenvalue weighted by molar-refractivity contribution is 6.06. The number of hydrogen-bond donors (Lipinski definition) is 2. The Labute approximate surface area is 169 Å². The molecule has 6 nitrogen and oxygen atoms in total. The summed E-state index contributed by atoms with van der Waals surface area (Å²) in [6.07, 6.45) is 2.01. The number of amidine groups is 1. The molecule has 3 heterocycles. The summed E-state index contributed by atoms with van der Waals surface area (Å²) in [4.78, 5) is 30.5. The van der Waals surface area contributed by atoms with Gasteiger partial charge in [0.2, 0.25) is 11.8 Å². The lowest BCUT2D eigenvalue weighted by Gasteiger charge is -2.29. The van der Waals surface area contributed by atoms with E-state index in [9.17, 15) is 9.59 Å². The highest BCUT2D eigenvalue weighted by atomic mass is 16.2. The van der Waals surface area contributed by atoms with Crippen molar-refractivity contribution in [2.24, 2.45) is 17.6 Å². The first-order chi connectivity index (χ1) is 14.1. The summed E-state index contributed by atoms with van der Waals surface area (Å²) in [5, 5.41) is 7.60. The van der Waals surface area contributed by atoms with Crippen molar-refractivity contribution in [3.8, 4) is 0 Å². The van der Waals surface area contributed by atoms with Crippen LogP contribution in [-0.4, -0.2) is 40.0 Å². The van der Waals surface area contributed by atoms with Gasteiger partial charge in [0.25, 0.3) is 0 Å². The molecule has 0 radical (unpaired) electrons. The van der Waals surface area contributed by atoms with E-state index in [2.05, 4.69) is 4.90 Å². The Kier molecular flexibility index (Phi) is 4.24. The van der Waals surface area contributed by atoms with E-state index in [0.29, 0.717) is 12.1 Å². The number of nitrogens with one attached hydrogen (secondary N) is 1. The Morgan fingerprint density at radius 3 is 2.38 bits per heavy atom. The highest BCUT2D eigenvalue weighted by Crippen LogP contribution is 2.53. The second-order valence-electron chi connectivity index (χ2n) is 8.23. The van der Waals surface area contributed by atoms with Crippen molar-refractivity contribution >= 4 is 17.6 Å². The Bertz CT molecular complexity index is 972. The van der Waals surface area contributed by atoms with Crippen LogP contribution in [0.25, 0.3) is 0 Å². The maximum atomic E-state index is 13.4. The molecule has 2 aromatic rings. The summed E-state index contributed by atoms with van der Waals surface area (Å²) in [6, 6.07) is 17.3. The van der Waals surface area contributed by atoms with Crippen molar-refractivity contribution in [3.05, 3.63) is 71.3 Å². The number of benzene rings is 2. The SMILES string of the molecule is N=C(N)c1ccc([C@H]2[C@H]3C(=O)N(Cc4ccccc4)C(=O)[C@H]3[C@@H]3CCCN32)cc1. The molecule has 5 rings (SSSR count). The van der Waals surface area contributed by atoms with Crippen LogP contribution in [0.3, 0.4) is 0 Å². The number of nitrogen functional groups attached to an aromatic ring is 1. The first-order valence-corrected chi connectivity index (χ1v) is 10.2. The van der Waals surface area contributed by atoms with Crippen LogP contribution in [0.2, 0.25) is 0 Å². The van der Waals surface area contributed by atoms with Gasteiger partial charge in [-0.2, -0.15) is 0 Å². The predicted octanol–water partition coefficient (Wildman–Crippen LogP) is 2.29. The van der Waals surface area contributed by atoms with E-state index < -0.39 is 0 Å². The van der Waals surface area contributed by atoms with E-state index in [0.717, 1.165) is 30.5 Å². The van der Waals surface area contributed by atoms with E-state index in [-0.39, 0.29) is 41.6 Å². The molecular formula is C23H24N4O2. The van der Waals surface area contributed by atoms with Gasteiger partial charge in [-0.3, -0.25) is 24.8 Å². The smallest absolute Gasteiger partial charge is 0.235 e. The van der Waals surface area contributed by atoms with Crippen LogP contribution in [0.4, 0.5) is 0 Å². The molecule has 3 saturated heterocycles. The summed E-state index contributed by atoms with van der Waals surface area (Å²) >= 11 is 0. The zero-order valence-electron chi connectivity index (χ0n) is 16.1. The van der Waals surface area contributed by atoms with E-state index in [1.807, 2.05) is 54.6 Å². The van der Waals surface area contributed by atoms with Gasteiger partial charge in [-0.05, 0) is 30.5 Å². The molecule has 0 bridgehead atoms. The lowest BCUT2D eigenvalue weighted by molar-refractivity contribution is -0.142. The van der Waals surface area contributed by atoms with E-state index in [1.165, 1.54) is 4.90 Å². The minimum Gasteiger partial charge on any atom is -0.384 e. The largest absolute Gasteiger partial charge is 0.384 e. The number of nitrogens with two attached hydrogens (primary N) is 1. The van der Waals surface area contributed by atoms with Gasteiger partial charge in [-0.1, -0.05) is 54.6 Å². The van der Waals surface area contributed by atoms with E-state index in [1.54, 1.807) is 0 Å². The summed E-state index contributed by atoms with van der Waals surface area (Å²) in [5.74, 6) is -0.644. The Morgan fingerprint density at radius 2 is 1.69 bits per heavy atom. The van der Waals surface area contributed by atoms with Crippen molar-refractivity contribution in [1.82, 2.24) is 9.80 Å². The van der Waals surface area contributed by atoms with E-state index in [4.69, 9.17) is 11.1 Å². The third kappa shape index (κ3) is 2.78. The Balaban J connectivity index is 1.49. The minimum atomic E-state index is -0.334. The number of nitrogens with zero attached hydrogens (tertiary/aromatic N) is 2. The fourth-order valence-electron chi connectivity index (χ4n) is 5.44. The fraction of sp³-hybridized carbons (Fsp3) is 0.348. The summed E-state index contributed by atoms with van der Waals surface area (Å²) in [7, 11) is 0. The van der Waals surface area contributed by atoms with Crippen LogP contribution in [0.1, 0.15) is 35.6 Å². The number of likely N-dealkylation sites (tertiary alicyclic amines) is 1. The first kappa shape index (κ1) is 18.1. The fourth-order valence-corrected chi connectivity index (χ4v) is 5.44. The molecule has 3 aliphatic rings. The topological polar surface area (TPSA) is 90.5 Å². The molecule has 3 N–H and O–H groups in total. The molecule has 6 heteroatoms. The number of rotatable bonds is 4. The monoisotopic (exact) mass is 388 g/mol. The van der Waals surface area contributed by atoms with Crippen LogP contribution < -0.4 is 5.73 Å². The van der Waals surface area contributed by atoms with Crippen LogP contribution in [0.15, 0.2) is 54.6 Å². The number of imide groups is 1. The van der Waals surface area contributed by atoms with Crippen molar-refractivity contribution in [2.75, 3.05) is 6.54 Å². The molecule has 4 atom stereocenters. The molecule has 29 heavy (non-hydrogen) atoms. The zero-order chi connectivity index (χ0) is 20.1. The van der Waals surface area contributed by atoms with Crippen molar-refractivity contribution in [2.45, 2.75) is 31.5 Å². The third-order valence-corrected chi connectivity index (χ3v) is 6.69. The van der Waals surface area contributed by atoms with Gasteiger partial charge in [0.1, 0.15) is 5.84 Å². The van der Waals surface area contributed by atoms with Gasteiger partial charge in [0.05, 0.1) is 18.4 Å². The Hall–Kier alpha value is -2.99. The summed E-state index contributed by atoms with van der Waals surface area (Å²) in [5.41, 5.74) is 8.25. The maximum absolute atomic E-state index is 13.4. The number of carbonyl (C=O) groups is 2. The van der Waals surface area contributed by atoms with Gasteiger partial charge < -0.3 is 5.73 Å². The molecule has 0 aliphatic carbocycles. The summed E-state index contributed by atoms with van der Waals surface area (Å²) in [6.45, 7) is 1.25. The molecule has 2 aromatic carbocycles. The normalized spacial score (nSPS) is 28.6. The number of hydrogen-bond acceptors (Lipinski definition) is 4. The van der Waals surface area contributed by atoms with E-state index >= 15 is 0 Å². The number of amides is 2. The van der Waals surface area contributed by atoms with Gasteiger partial charge in [0.15, 0.2) is 0 Å². The van der Waals surface area contributed by atoms with Gasteiger partial charge in [-0.25, -0.2) is 0 Å². The van der Waals surface area contributed by atoms with Crippen LogP contribution in [0.5, 0.6) is 0 Å². The second-order valence-corrected chi connectivity index (χ2v) is 8.23. The lowest BCUT2D eigenvalue weighted by atomic mass is 9.85. The zero-order valence-corrected chi connectivity index (χ0v) is 16.1. The molecular weight excluding hydrogens is 364 g/mol. The second kappa shape index (κ2) is 6.81.